The molecule has 0 aliphatic carbocycles. The quantitative estimate of drug-likeness (QED) is 0.591. The van der Waals surface area contributed by atoms with Gasteiger partial charge in [0.05, 0.1) is 12.7 Å². The van der Waals surface area contributed by atoms with Gasteiger partial charge in [-0.2, -0.15) is 0 Å². The van der Waals surface area contributed by atoms with Gasteiger partial charge >= 0.3 is 6.80 Å². The first-order valence-electron chi connectivity index (χ1n) is 2.47. The molecule has 0 heterocycles. The minimum atomic E-state index is -1.90. The predicted molar refractivity (Wildman–Crippen MR) is 37.4 cm³/mol. The fourth-order valence-electron chi connectivity index (χ4n) is 0.412. The molecule has 5 heteroatoms. The largest absolute Gasteiger partial charge is 0.382 e. The van der Waals surface area contributed by atoms with Gasteiger partial charge in [-0.25, -0.2) is 4.57 Å². The standard InChI is InChI=1S/C4H9O3PS/c1-4(3-6-2)7-8(5)9/h4H,3H2,1-2H3. The van der Waals surface area contributed by atoms with Crippen molar-refractivity contribution in [2.24, 2.45) is 0 Å². The summed E-state index contributed by atoms with van der Waals surface area (Å²) < 4.78 is 19.6. The van der Waals surface area contributed by atoms with Crippen LogP contribution in [0.4, 0.5) is 0 Å². The van der Waals surface area contributed by atoms with Crippen LogP contribution in [0.25, 0.3) is 0 Å². The molecule has 0 spiro atoms. The third-order valence-electron chi connectivity index (χ3n) is 0.667. The van der Waals surface area contributed by atoms with E-state index in [4.69, 9.17) is 4.74 Å². The maximum atomic E-state index is 10.2. The van der Waals surface area contributed by atoms with Crippen molar-refractivity contribution in [3.63, 3.8) is 0 Å². The van der Waals surface area contributed by atoms with Crippen LogP contribution in [0.3, 0.4) is 0 Å². The van der Waals surface area contributed by atoms with Crippen LogP contribution in [-0.4, -0.2) is 19.8 Å². The topological polar surface area (TPSA) is 35.5 Å². The van der Waals surface area contributed by atoms with E-state index in [2.05, 4.69) is 16.3 Å². The van der Waals surface area contributed by atoms with Gasteiger partial charge in [-0.3, -0.25) is 4.52 Å². The summed E-state index contributed by atoms with van der Waals surface area (Å²) in [6, 6.07) is 0. The normalized spacial score (nSPS) is 15.1. The van der Waals surface area contributed by atoms with E-state index >= 15 is 0 Å². The van der Waals surface area contributed by atoms with Crippen LogP contribution < -0.4 is 0 Å². The molecule has 0 saturated carbocycles. The summed E-state index contributed by atoms with van der Waals surface area (Å²) in [5.74, 6) is 0. The van der Waals surface area contributed by atoms with Crippen molar-refractivity contribution in [2.75, 3.05) is 13.7 Å². The van der Waals surface area contributed by atoms with Crippen LogP contribution in [0.5, 0.6) is 0 Å². The lowest BCUT2D eigenvalue weighted by molar-refractivity contribution is 0.100. The average Bonchev–Trinajstić information content (AvgIpc) is 1.63. The molecule has 2 unspecified atom stereocenters. The van der Waals surface area contributed by atoms with Crippen molar-refractivity contribution < 1.29 is 13.8 Å². The summed E-state index contributed by atoms with van der Waals surface area (Å²) in [5.41, 5.74) is 0. The van der Waals surface area contributed by atoms with E-state index in [1.165, 1.54) is 0 Å². The smallest absolute Gasteiger partial charge is 0.312 e. The highest BCUT2D eigenvalue weighted by molar-refractivity contribution is 7.97. The summed E-state index contributed by atoms with van der Waals surface area (Å²) in [4.78, 5) is 0. The van der Waals surface area contributed by atoms with Crippen LogP contribution in [0.2, 0.25) is 0 Å². The Balaban J connectivity index is 3.37. The van der Waals surface area contributed by atoms with E-state index in [0.29, 0.717) is 6.61 Å². The Kier molecular flexibility index (Phi) is 5.19. The van der Waals surface area contributed by atoms with Gasteiger partial charge in [0, 0.05) is 18.9 Å². The van der Waals surface area contributed by atoms with E-state index in [1.807, 2.05) is 0 Å². The molecule has 2 atom stereocenters. The Morgan fingerprint density at radius 3 is 2.67 bits per heavy atom. The van der Waals surface area contributed by atoms with Gasteiger partial charge in [0.25, 0.3) is 0 Å². The number of rotatable bonds is 4. The summed E-state index contributed by atoms with van der Waals surface area (Å²) in [7, 11) is 1.55. The van der Waals surface area contributed by atoms with Gasteiger partial charge in [-0.05, 0) is 6.92 Å². The Labute approximate surface area is 59.9 Å². The highest BCUT2D eigenvalue weighted by atomic mass is 32.4. The number of methoxy groups -OCH3 is 1. The van der Waals surface area contributed by atoms with E-state index in [-0.39, 0.29) is 6.10 Å². The lowest BCUT2D eigenvalue weighted by Crippen LogP contribution is -2.09. The Hall–Kier alpha value is 0.240. The molecule has 0 fully saturated rings. The van der Waals surface area contributed by atoms with Crippen LogP contribution in [0, 0.1) is 0 Å². The molecule has 9 heavy (non-hydrogen) atoms. The minimum Gasteiger partial charge on any atom is -0.382 e. The van der Waals surface area contributed by atoms with Crippen LogP contribution >= 0.6 is 6.80 Å². The van der Waals surface area contributed by atoms with Crippen LogP contribution in [-0.2, 0) is 25.6 Å². The molecule has 0 aromatic heterocycles. The molecule has 0 radical (unpaired) electrons. The van der Waals surface area contributed by atoms with E-state index in [0.717, 1.165) is 0 Å². The van der Waals surface area contributed by atoms with Crippen molar-refractivity contribution in [3.8, 4) is 0 Å². The SMILES string of the molecule is COCC(C)OP(=O)=S. The molecule has 0 bridgehead atoms. The molecule has 0 N–H and O–H groups in total. The predicted octanol–water partition coefficient (Wildman–Crippen LogP) is 1.24. The Morgan fingerprint density at radius 1 is 1.78 bits per heavy atom. The monoisotopic (exact) mass is 168 g/mol. The zero-order valence-corrected chi connectivity index (χ0v) is 7.08. The first-order chi connectivity index (χ1) is 4.16. The van der Waals surface area contributed by atoms with Crippen molar-refractivity contribution in [1.82, 2.24) is 0 Å². The lowest BCUT2D eigenvalue weighted by Gasteiger charge is -2.04. The summed E-state index contributed by atoms with van der Waals surface area (Å²) >= 11 is 4.30. The molecule has 3 nitrogen and oxygen atoms in total. The van der Waals surface area contributed by atoms with Gasteiger partial charge in [0.15, 0.2) is 0 Å². The molecule has 0 aliphatic heterocycles. The first kappa shape index (κ1) is 9.24. The van der Waals surface area contributed by atoms with Crippen LogP contribution in [0.15, 0.2) is 0 Å². The van der Waals surface area contributed by atoms with Gasteiger partial charge < -0.3 is 4.74 Å². The second-order valence-corrected chi connectivity index (χ2v) is 3.15. The summed E-state index contributed by atoms with van der Waals surface area (Å²) in [5, 5.41) is 0. The average molecular weight is 168 g/mol. The highest BCUT2D eigenvalue weighted by Crippen LogP contribution is 2.09. The Bertz CT molecular complexity index is 126. The third kappa shape index (κ3) is 6.12. The third-order valence-corrected chi connectivity index (χ3v) is 1.46. The van der Waals surface area contributed by atoms with Crippen molar-refractivity contribution in [3.05, 3.63) is 0 Å². The first-order valence-corrected chi connectivity index (χ1v) is 4.66. The molecule has 54 valence electrons. The van der Waals surface area contributed by atoms with E-state index in [1.54, 1.807) is 14.0 Å². The fourth-order valence-corrected chi connectivity index (χ4v) is 1.21. The molecule has 0 saturated heterocycles. The Morgan fingerprint density at radius 2 is 2.33 bits per heavy atom. The van der Waals surface area contributed by atoms with E-state index < -0.39 is 6.80 Å². The van der Waals surface area contributed by atoms with Gasteiger partial charge in [0.1, 0.15) is 0 Å². The zero-order valence-electron chi connectivity index (χ0n) is 5.36. The van der Waals surface area contributed by atoms with Crippen molar-refractivity contribution in [2.45, 2.75) is 13.0 Å². The molecule has 0 amide bonds. The maximum Gasteiger partial charge on any atom is 0.312 e. The molecule has 0 aromatic carbocycles. The highest BCUT2D eigenvalue weighted by Gasteiger charge is 2.00. The number of hydrogen-bond donors (Lipinski definition) is 0. The fraction of sp³-hybridized carbons (Fsp3) is 1.00. The van der Waals surface area contributed by atoms with Crippen molar-refractivity contribution >= 4 is 18.6 Å². The molecule has 0 aromatic rings. The minimum absolute atomic E-state index is 0.170. The van der Waals surface area contributed by atoms with Crippen molar-refractivity contribution in [1.29, 1.82) is 0 Å². The van der Waals surface area contributed by atoms with Gasteiger partial charge in [-0.15, -0.1) is 0 Å². The lowest BCUT2D eigenvalue weighted by atomic mass is 10.5. The summed E-state index contributed by atoms with van der Waals surface area (Å²) in [6.45, 7) is 0.283. The van der Waals surface area contributed by atoms with Gasteiger partial charge in [0.2, 0.25) is 0 Å². The number of hydrogen-bond acceptors (Lipinski definition) is 4. The number of ether oxygens (including phenoxy) is 1. The second kappa shape index (κ2) is 5.06. The summed E-state index contributed by atoms with van der Waals surface area (Å²) in [6.07, 6.45) is -0.170. The molecule has 0 aliphatic rings. The molecule has 0 rings (SSSR count). The van der Waals surface area contributed by atoms with Crippen LogP contribution in [0.1, 0.15) is 6.92 Å². The second-order valence-electron chi connectivity index (χ2n) is 1.59. The van der Waals surface area contributed by atoms with Gasteiger partial charge in [-0.1, -0.05) is 0 Å². The maximum absolute atomic E-state index is 10.2. The molecular formula is C4H9O3PS. The van der Waals surface area contributed by atoms with E-state index in [9.17, 15) is 4.57 Å². The zero-order chi connectivity index (χ0) is 7.28. The molecular weight excluding hydrogens is 159 g/mol.